The molecule has 0 radical (unpaired) electrons. The summed E-state index contributed by atoms with van der Waals surface area (Å²) < 4.78 is 59.6. The molecular formula is C8H9F3N2O2S. The minimum atomic E-state index is -4.77. The van der Waals surface area contributed by atoms with Crippen molar-refractivity contribution in [2.24, 2.45) is 0 Å². The Hall–Kier alpha value is -1.44. The smallest absolute Gasteiger partial charge is 0.399 e. The van der Waals surface area contributed by atoms with Gasteiger partial charge in [-0.05, 0) is 18.2 Å². The highest BCUT2D eigenvalue weighted by atomic mass is 32.2. The van der Waals surface area contributed by atoms with Gasteiger partial charge in [0.15, 0.2) is 5.75 Å². The molecule has 90 valence electrons. The van der Waals surface area contributed by atoms with E-state index in [2.05, 4.69) is 0 Å². The molecule has 4 nitrogen and oxygen atoms in total. The molecule has 0 saturated carbocycles. The average Bonchev–Trinajstić information content (AvgIpc) is 1.96. The van der Waals surface area contributed by atoms with E-state index in [0.29, 0.717) is 0 Å². The highest BCUT2D eigenvalue weighted by Crippen LogP contribution is 2.20. The summed E-state index contributed by atoms with van der Waals surface area (Å²) in [7, 11) is -4.44. The molecule has 0 heterocycles. The van der Waals surface area contributed by atoms with E-state index in [1.165, 1.54) is 24.3 Å². The van der Waals surface area contributed by atoms with Crippen LogP contribution in [0, 0.1) is 0 Å². The van der Waals surface area contributed by atoms with Crippen LogP contribution < -0.4 is 10.5 Å². The van der Waals surface area contributed by atoms with Gasteiger partial charge in [0.2, 0.25) is 10.0 Å². The van der Waals surface area contributed by atoms with Crippen molar-refractivity contribution >= 4 is 21.4 Å². The largest absolute Gasteiger partial charge is 0.404 e. The summed E-state index contributed by atoms with van der Waals surface area (Å²) in [4.78, 5) is 0. The predicted molar refractivity (Wildman–Crippen MR) is 54.3 cm³/mol. The summed E-state index contributed by atoms with van der Waals surface area (Å²) in [6.07, 6.45) is -4.77. The Bertz CT molecular complexity index is 470. The number of nitrogens with one attached hydrogen (secondary N) is 1. The van der Waals surface area contributed by atoms with Gasteiger partial charge in [-0.25, -0.2) is 8.42 Å². The fourth-order valence-corrected chi connectivity index (χ4v) is 2.02. The lowest BCUT2D eigenvalue weighted by molar-refractivity contribution is -0.106. The molecule has 0 bridgehead atoms. The number of rotatable bonds is 3. The van der Waals surface area contributed by atoms with Gasteiger partial charge < -0.3 is 5.73 Å². The van der Waals surface area contributed by atoms with Gasteiger partial charge in [0, 0.05) is 5.69 Å². The maximum absolute atomic E-state index is 11.9. The molecule has 0 amide bonds. The van der Waals surface area contributed by atoms with Crippen LogP contribution in [-0.4, -0.2) is 20.3 Å². The van der Waals surface area contributed by atoms with Crippen molar-refractivity contribution in [3.63, 3.8) is 0 Å². The van der Waals surface area contributed by atoms with Crippen LogP contribution in [0.3, 0.4) is 0 Å². The third-order valence-corrected chi connectivity index (χ3v) is 2.77. The number of alkyl halides is 3. The number of hydrogen-bond acceptors (Lipinski definition) is 3. The predicted octanol–water partition coefficient (Wildman–Crippen LogP) is 1.57. The minimum Gasteiger partial charge on any atom is -0.399 e. The first kappa shape index (κ1) is 12.6. The van der Waals surface area contributed by atoms with Crippen molar-refractivity contribution in [1.29, 1.82) is 0 Å². The topological polar surface area (TPSA) is 72.2 Å². The monoisotopic (exact) mass is 254 g/mol. The van der Waals surface area contributed by atoms with Gasteiger partial charge >= 0.3 is 6.18 Å². The molecule has 1 rings (SSSR count). The summed E-state index contributed by atoms with van der Waals surface area (Å²) in [5, 5.41) is 0. The van der Waals surface area contributed by atoms with Gasteiger partial charge in [0.05, 0.1) is 5.69 Å². The molecule has 0 fully saturated rings. The highest BCUT2D eigenvalue weighted by molar-refractivity contribution is 7.92. The second-order valence-electron chi connectivity index (χ2n) is 3.10. The molecule has 0 unspecified atom stereocenters. The van der Waals surface area contributed by atoms with Crippen LogP contribution >= 0.6 is 0 Å². The van der Waals surface area contributed by atoms with Crippen LogP contribution in [0.2, 0.25) is 0 Å². The second kappa shape index (κ2) is 4.20. The molecule has 0 spiro atoms. The Labute approximate surface area is 90.3 Å². The van der Waals surface area contributed by atoms with Crippen molar-refractivity contribution in [2.75, 3.05) is 16.2 Å². The summed E-state index contributed by atoms with van der Waals surface area (Å²) in [6, 6.07) is 5.46. The third-order valence-electron chi connectivity index (χ3n) is 1.51. The average molecular weight is 254 g/mol. The Kier molecular flexibility index (Phi) is 3.32. The number of nitrogens with two attached hydrogens (primary N) is 1. The molecule has 1 aromatic carbocycles. The molecule has 1 aromatic rings. The summed E-state index contributed by atoms with van der Waals surface area (Å²) >= 11 is 0. The number of sulfonamides is 1. The molecular weight excluding hydrogens is 245 g/mol. The van der Waals surface area contributed by atoms with Gasteiger partial charge in [0.25, 0.3) is 0 Å². The van der Waals surface area contributed by atoms with E-state index in [-0.39, 0.29) is 11.4 Å². The summed E-state index contributed by atoms with van der Waals surface area (Å²) in [5.74, 6) is -1.92. The lowest BCUT2D eigenvalue weighted by atomic mass is 10.3. The van der Waals surface area contributed by atoms with Gasteiger partial charge in [-0.2, -0.15) is 13.2 Å². The quantitative estimate of drug-likeness (QED) is 0.804. The zero-order valence-corrected chi connectivity index (χ0v) is 8.77. The van der Waals surface area contributed by atoms with E-state index in [0.717, 1.165) is 0 Å². The molecule has 3 N–H and O–H groups in total. The van der Waals surface area contributed by atoms with Crippen LogP contribution in [0.1, 0.15) is 0 Å². The maximum Gasteiger partial charge on any atom is 0.404 e. The molecule has 0 saturated heterocycles. The first-order valence-corrected chi connectivity index (χ1v) is 5.76. The second-order valence-corrected chi connectivity index (χ2v) is 4.82. The fourth-order valence-electron chi connectivity index (χ4n) is 1.03. The van der Waals surface area contributed by atoms with E-state index in [9.17, 15) is 21.6 Å². The van der Waals surface area contributed by atoms with Gasteiger partial charge in [0.1, 0.15) is 0 Å². The highest BCUT2D eigenvalue weighted by Gasteiger charge is 2.35. The molecule has 0 aliphatic rings. The number of anilines is 2. The first-order chi connectivity index (χ1) is 7.18. The van der Waals surface area contributed by atoms with E-state index >= 15 is 0 Å². The van der Waals surface area contributed by atoms with Gasteiger partial charge in [-0.1, -0.05) is 6.07 Å². The fraction of sp³-hybridized carbons (Fsp3) is 0.250. The Morgan fingerprint density at radius 1 is 1.31 bits per heavy atom. The van der Waals surface area contributed by atoms with Gasteiger partial charge in [-0.3, -0.25) is 4.72 Å². The minimum absolute atomic E-state index is 0.00394. The molecule has 0 atom stereocenters. The SMILES string of the molecule is Nc1cccc(NS(=O)(=O)CC(F)(F)F)c1. The maximum atomic E-state index is 11.9. The summed E-state index contributed by atoms with van der Waals surface area (Å²) in [6.45, 7) is 0. The first-order valence-electron chi connectivity index (χ1n) is 4.11. The van der Waals surface area contributed by atoms with E-state index in [1.807, 2.05) is 0 Å². The van der Waals surface area contributed by atoms with E-state index in [4.69, 9.17) is 5.73 Å². The van der Waals surface area contributed by atoms with Crippen LogP contribution in [0.25, 0.3) is 0 Å². The van der Waals surface area contributed by atoms with Crippen LogP contribution in [0.15, 0.2) is 24.3 Å². The lowest BCUT2D eigenvalue weighted by Gasteiger charge is -2.10. The summed E-state index contributed by atoms with van der Waals surface area (Å²) in [5.41, 5.74) is 5.61. The number of hydrogen-bond donors (Lipinski definition) is 2. The third kappa shape index (κ3) is 4.39. The standard InChI is InChI=1S/C8H9F3N2O2S/c9-8(10,11)5-16(14,15)13-7-3-1-2-6(12)4-7/h1-4,13H,5,12H2. The number of halogens is 3. The van der Waals surface area contributed by atoms with Gasteiger partial charge in [-0.15, -0.1) is 0 Å². The number of benzene rings is 1. The van der Waals surface area contributed by atoms with Crippen LogP contribution in [0.4, 0.5) is 24.5 Å². The Morgan fingerprint density at radius 2 is 1.94 bits per heavy atom. The van der Waals surface area contributed by atoms with Crippen LogP contribution in [0.5, 0.6) is 0 Å². The molecule has 0 aliphatic heterocycles. The Morgan fingerprint density at radius 3 is 2.44 bits per heavy atom. The van der Waals surface area contributed by atoms with Crippen molar-refractivity contribution in [2.45, 2.75) is 6.18 Å². The normalized spacial score (nSPS) is 12.4. The van der Waals surface area contributed by atoms with E-state index < -0.39 is 22.0 Å². The zero-order chi connectivity index (χ0) is 12.4. The van der Waals surface area contributed by atoms with Crippen molar-refractivity contribution < 1.29 is 21.6 Å². The van der Waals surface area contributed by atoms with Crippen LogP contribution in [-0.2, 0) is 10.0 Å². The van der Waals surface area contributed by atoms with Crippen molar-refractivity contribution in [3.8, 4) is 0 Å². The molecule has 16 heavy (non-hydrogen) atoms. The molecule has 8 heteroatoms. The molecule has 0 aromatic heterocycles. The Balaban J connectivity index is 2.81. The van der Waals surface area contributed by atoms with Crippen molar-refractivity contribution in [1.82, 2.24) is 0 Å². The molecule has 0 aliphatic carbocycles. The number of nitrogen functional groups attached to an aromatic ring is 1. The van der Waals surface area contributed by atoms with Crippen molar-refractivity contribution in [3.05, 3.63) is 24.3 Å². The zero-order valence-electron chi connectivity index (χ0n) is 7.95. The van der Waals surface area contributed by atoms with E-state index in [1.54, 1.807) is 4.72 Å². The lowest BCUT2D eigenvalue weighted by Crippen LogP contribution is -2.27.